The topological polar surface area (TPSA) is 77.1 Å². The van der Waals surface area contributed by atoms with E-state index in [1.807, 2.05) is 11.8 Å². The molecule has 146 valence electrons. The predicted octanol–water partition coefficient (Wildman–Crippen LogP) is 0.760. The number of carbonyl (C=O) groups excluding carboxylic acids is 3. The number of pyridine rings is 1. The summed E-state index contributed by atoms with van der Waals surface area (Å²) < 4.78 is 0. The van der Waals surface area contributed by atoms with Crippen molar-refractivity contribution in [2.24, 2.45) is 5.41 Å². The van der Waals surface area contributed by atoms with Crippen LogP contribution in [0.2, 0.25) is 0 Å². The monoisotopic (exact) mass is 373 g/mol. The molecule has 1 aromatic rings. The van der Waals surface area contributed by atoms with E-state index < -0.39 is 5.41 Å². The van der Waals surface area contributed by atoms with Gasteiger partial charge in [0.2, 0.25) is 5.91 Å². The quantitative estimate of drug-likeness (QED) is 0.767. The first-order valence-electron chi connectivity index (χ1n) is 9.29. The Morgan fingerprint density at radius 2 is 1.85 bits per heavy atom. The summed E-state index contributed by atoms with van der Waals surface area (Å²) in [5.41, 5.74) is -0.0589. The molecule has 2 fully saturated rings. The summed E-state index contributed by atoms with van der Waals surface area (Å²) in [4.78, 5) is 49.1. The Morgan fingerprint density at radius 1 is 1.15 bits per heavy atom. The average Bonchev–Trinajstić information content (AvgIpc) is 2.86. The molecule has 2 aliphatic rings. The van der Waals surface area contributed by atoms with E-state index in [2.05, 4.69) is 4.98 Å². The first-order valence-corrected chi connectivity index (χ1v) is 9.29. The third kappa shape index (κ3) is 3.89. The van der Waals surface area contributed by atoms with Crippen molar-refractivity contribution in [3.63, 3.8) is 0 Å². The molecule has 4 amide bonds. The molecular weight excluding hydrogens is 346 g/mol. The number of aromatic nitrogens is 1. The molecule has 0 saturated carbocycles. The van der Waals surface area contributed by atoms with E-state index in [0.717, 1.165) is 0 Å². The van der Waals surface area contributed by atoms with Crippen LogP contribution in [0.25, 0.3) is 0 Å². The number of carbonyl (C=O) groups is 3. The third-order valence-corrected chi connectivity index (χ3v) is 5.30. The third-order valence-electron chi connectivity index (χ3n) is 5.30. The van der Waals surface area contributed by atoms with Crippen molar-refractivity contribution in [1.29, 1.82) is 0 Å². The molecule has 27 heavy (non-hydrogen) atoms. The molecule has 3 heterocycles. The highest BCUT2D eigenvalue weighted by molar-refractivity contribution is 5.92. The van der Waals surface area contributed by atoms with E-state index in [0.29, 0.717) is 51.4 Å². The van der Waals surface area contributed by atoms with Gasteiger partial charge in [0.15, 0.2) is 0 Å². The van der Waals surface area contributed by atoms with Gasteiger partial charge in [0.25, 0.3) is 5.91 Å². The van der Waals surface area contributed by atoms with Gasteiger partial charge in [-0.25, -0.2) is 4.79 Å². The highest BCUT2D eigenvalue weighted by Gasteiger charge is 2.47. The number of hydrogen-bond acceptors (Lipinski definition) is 4. The fourth-order valence-electron chi connectivity index (χ4n) is 4.01. The van der Waals surface area contributed by atoms with Gasteiger partial charge in [0.1, 0.15) is 5.69 Å². The van der Waals surface area contributed by atoms with Gasteiger partial charge in [-0.05, 0) is 19.1 Å². The minimum absolute atomic E-state index is 0.0851. The predicted molar refractivity (Wildman–Crippen MR) is 100 cm³/mol. The Hall–Kier alpha value is -2.64. The zero-order valence-electron chi connectivity index (χ0n) is 16.2. The van der Waals surface area contributed by atoms with Crippen molar-refractivity contribution in [2.75, 3.05) is 53.4 Å². The molecule has 0 aliphatic carbocycles. The zero-order chi connectivity index (χ0) is 19.6. The Labute approximate surface area is 159 Å². The van der Waals surface area contributed by atoms with E-state index in [-0.39, 0.29) is 17.8 Å². The van der Waals surface area contributed by atoms with Crippen molar-refractivity contribution >= 4 is 17.8 Å². The molecule has 2 aliphatic heterocycles. The molecule has 0 radical (unpaired) electrons. The lowest BCUT2D eigenvalue weighted by atomic mass is 9.86. The van der Waals surface area contributed by atoms with Crippen LogP contribution in [0.3, 0.4) is 0 Å². The Bertz CT molecular complexity index is 723. The van der Waals surface area contributed by atoms with Crippen LogP contribution in [0.1, 0.15) is 23.8 Å². The zero-order valence-corrected chi connectivity index (χ0v) is 16.2. The lowest BCUT2D eigenvalue weighted by Crippen LogP contribution is -2.47. The van der Waals surface area contributed by atoms with Crippen molar-refractivity contribution in [2.45, 2.75) is 13.3 Å². The molecule has 8 nitrogen and oxygen atoms in total. The molecule has 2 saturated heterocycles. The van der Waals surface area contributed by atoms with Crippen LogP contribution in [0.4, 0.5) is 4.79 Å². The maximum Gasteiger partial charge on any atom is 0.319 e. The molecule has 0 bridgehead atoms. The van der Waals surface area contributed by atoms with E-state index in [1.54, 1.807) is 48.3 Å². The molecule has 1 aromatic heterocycles. The summed E-state index contributed by atoms with van der Waals surface area (Å²) in [7, 11) is 3.43. The molecule has 1 spiro atoms. The van der Waals surface area contributed by atoms with Gasteiger partial charge in [-0.3, -0.25) is 14.6 Å². The van der Waals surface area contributed by atoms with E-state index in [9.17, 15) is 14.4 Å². The van der Waals surface area contributed by atoms with Crippen molar-refractivity contribution in [1.82, 2.24) is 24.6 Å². The second kappa shape index (κ2) is 7.54. The van der Waals surface area contributed by atoms with Crippen LogP contribution < -0.4 is 0 Å². The standard InChI is InChI=1S/C19H27N5O3/c1-4-22-12-19(11-16(22)25)13-23(17(26)15-7-5-6-8-20-15)9-10-24(14-19)18(27)21(2)3/h5-8H,4,9-14H2,1-3H3. The number of amides is 4. The Balaban J connectivity index is 1.89. The maximum atomic E-state index is 13.0. The smallest absolute Gasteiger partial charge is 0.319 e. The van der Waals surface area contributed by atoms with E-state index >= 15 is 0 Å². The van der Waals surface area contributed by atoms with Crippen molar-refractivity contribution in [3.8, 4) is 0 Å². The second-order valence-electron chi connectivity index (χ2n) is 7.62. The highest BCUT2D eigenvalue weighted by atomic mass is 16.2. The fourth-order valence-corrected chi connectivity index (χ4v) is 4.01. The number of rotatable bonds is 2. The fraction of sp³-hybridized carbons (Fsp3) is 0.579. The molecule has 1 atom stereocenters. The van der Waals surface area contributed by atoms with Gasteiger partial charge in [-0.2, -0.15) is 0 Å². The molecule has 0 N–H and O–H groups in total. The van der Waals surface area contributed by atoms with Crippen molar-refractivity contribution < 1.29 is 14.4 Å². The lowest BCUT2D eigenvalue weighted by Gasteiger charge is -2.34. The summed E-state index contributed by atoms with van der Waals surface area (Å²) in [6, 6.07) is 5.16. The average molecular weight is 373 g/mol. The summed E-state index contributed by atoms with van der Waals surface area (Å²) in [6.07, 6.45) is 1.95. The van der Waals surface area contributed by atoms with E-state index in [4.69, 9.17) is 0 Å². The maximum absolute atomic E-state index is 13.0. The molecular formula is C19H27N5O3. The minimum Gasteiger partial charge on any atom is -0.342 e. The van der Waals surface area contributed by atoms with Gasteiger partial charge in [0, 0.05) is 71.4 Å². The molecule has 8 heteroatoms. The van der Waals surface area contributed by atoms with Crippen molar-refractivity contribution in [3.05, 3.63) is 30.1 Å². The lowest BCUT2D eigenvalue weighted by molar-refractivity contribution is -0.127. The largest absolute Gasteiger partial charge is 0.342 e. The van der Waals surface area contributed by atoms with Crippen LogP contribution in [-0.2, 0) is 4.79 Å². The first-order chi connectivity index (χ1) is 12.8. The summed E-state index contributed by atoms with van der Waals surface area (Å²) in [6.45, 7) is 4.93. The second-order valence-corrected chi connectivity index (χ2v) is 7.62. The van der Waals surface area contributed by atoms with Crippen LogP contribution >= 0.6 is 0 Å². The molecule has 0 aromatic carbocycles. The number of urea groups is 1. The summed E-state index contributed by atoms with van der Waals surface area (Å²) in [5.74, 6) is -0.0709. The molecule has 3 rings (SSSR count). The van der Waals surface area contributed by atoms with Gasteiger partial charge in [-0.1, -0.05) is 6.07 Å². The first kappa shape index (κ1) is 19.1. The normalized spacial score (nSPS) is 22.9. The van der Waals surface area contributed by atoms with Crippen LogP contribution in [0.15, 0.2) is 24.4 Å². The number of likely N-dealkylation sites (tertiary alicyclic amines) is 1. The SMILES string of the molecule is CCN1CC2(CC1=O)CN(C(=O)c1ccccn1)CCN(C(=O)N(C)C)C2. The summed E-state index contributed by atoms with van der Waals surface area (Å²) in [5, 5.41) is 0. The van der Waals surface area contributed by atoms with Gasteiger partial charge in [0.05, 0.1) is 0 Å². The van der Waals surface area contributed by atoms with E-state index in [1.165, 1.54) is 4.90 Å². The number of nitrogens with zero attached hydrogens (tertiary/aromatic N) is 5. The van der Waals surface area contributed by atoms with Gasteiger partial charge in [-0.15, -0.1) is 0 Å². The Kier molecular flexibility index (Phi) is 5.34. The van der Waals surface area contributed by atoms with Crippen LogP contribution in [-0.4, -0.2) is 95.8 Å². The minimum atomic E-state index is -0.445. The van der Waals surface area contributed by atoms with Crippen LogP contribution in [0, 0.1) is 5.41 Å². The van der Waals surface area contributed by atoms with Crippen LogP contribution in [0.5, 0.6) is 0 Å². The van der Waals surface area contributed by atoms with Gasteiger partial charge >= 0.3 is 6.03 Å². The van der Waals surface area contributed by atoms with Gasteiger partial charge < -0.3 is 19.6 Å². The highest BCUT2D eigenvalue weighted by Crippen LogP contribution is 2.35. The molecule has 1 unspecified atom stereocenters. The summed E-state index contributed by atoms with van der Waals surface area (Å²) >= 11 is 0. The number of hydrogen-bond donors (Lipinski definition) is 0. The Morgan fingerprint density at radius 3 is 2.44 bits per heavy atom.